The number of piperazine rings is 1. The standard InChI is InChI=1S/C21H24N6O3/c1-16(28)25-11-13-26(14-12-25)20(29)7-4-9-22-21-23-10-8-19(24-21)27-15-30-18-6-3-2-5-17(18)27/h2-3,5-6,8,10H,4,7,9,11-14H2,1H3,(H,22,23,24). The molecule has 0 unspecified atom stereocenters. The first-order valence-electron chi connectivity index (χ1n) is 10.0. The minimum Gasteiger partial charge on any atom is -0.453 e. The summed E-state index contributed by atoms with van der Waals surface area (Å²) in [7, 11) is 0. The summed E-state index contributed by atoms with van der Waals surface area (Å²) in [5.74, 6) is 2.05. The summed E-state index contributed by atoms with van der Waals surface area (Å²) in [6, 6.07) is 9.43. The summed E-state index contributed by atoms with van der Waals surface area (Å²) in [5, 5.41) is 3.17. The lowest BCUT2D eigenvalue weighted by atomic mass is 10.2. The van der Waals surface area contributed by atoms with E-state index in [4.69, 9.17) is 4.74 Å². The van der Waals surface area contributed by atoms with Crippen molar-refractivity contribution in [1.29, 1.82) is 0 Å². The Hall–Kier alpha value is -3.36. The first-order valence-corrected chi connectivity index (χ1v) is 10.0. The lowest BCUT2D eigenvalue weighted by Gasteiger charge is -2.34. The van der Waals surface area contributed by atoms with Gasteiger partial charge in [-0.1, -0.05) is 12.1 Å². The molecule has 30 heavy (non-hydrogen) atoms. The molecule has 2 aromatic rings. The number of hydrogen-bond acceptors (Lipinski definition) is 7. The molecule has 1 fully saturated rings. The topological polar surface area (TPSA) is 90.9 Å². The number of benzene rings is 1. The van der Waals surface area contributed by atoms with E-state index < -0.39 is 0 Å². The van der Waals surface area contributed by atoms with Crippen molar-refractivity contribution in [1.82, 2.24) is 19.8 Å². The molecule has 2 radical (unpaired) electrons. The SMILES string of the molecule is CC(=O)N1CCN(C(=O)CCCNc2nccc(N3[C]Oc4ccccc43)n2)CC1. The highest BCUT2D eigenvalue weighted by Crippen LogP contribution is 2.39. The maximum absolute atomic E-state index is 12.4. The second-order valence-corrected chi connectivity index (χ2v) is 7.15. The molecule has 1 aromatic carbocycles. The van der Waals surface area contributed by atoms with Gasteiger partial charge >= 0.3 is 6.73 Å². The second-order valence-electron chi connectivity index (χ2n) is 7.15. The van der Waals surface area contributed by atoms with Gasteiger partial charge in [0.2, 0.25) is 17.8 Å². The average molecular weight is 408 g/mol. The van der Waals surface area contributed by atoms with Crippen molar-refractivity contribution < 1.29 is 14.3 Å². The van der Waals surface area contributed by atoms with Gasteiger partial charge in [-0.3, -0.25) is 14.5 Å². The Morgan fingerprint density at radius 2 is 1.90 bits per heavy atom. The highest BCUT2D eigenvalue weighted by molar-refractivity contribution is 5.77. The van der Waals surface area contributed by atoms with Crippen molar-refractivity contribution >= 4 is 29.3 Å². The van der Waals surface area contributed by atoms with Gasteiger partial charge in [-0.25, -0.2) is 4.98 Å². The third-order valence-electron chi connectivity index (χ3n) is 5.15. The smallest absolute Gasteiger partial charge is 0.321 e. The predicted octanol–water partition coefficient (Wildman–Crippen LogP) is 1.89. The van der Waals surface area contributed by atoms with Crippen molar-refractivity contribution in [3.63, 3.8) is 0 Å². The fourth-order valence-electron chi connectivity index (χ4n) is 3.47. The molecule has 1 saturated heterocycles. The number of amides is 2. The van der Waals surface area contributed by atoms with Gasteiger partial charge in [0.05, 0.1) is 5.69 Å². The first-order chi connectivity index (χ1) is 14.6. The van der Waals surface area contributed by atoms with Gasteiger partial charge in [0.25, 0.3) is 0 Å². The highest BCUT2D eigenvalue weighted by Gasteiger charge is 2.25. The van der Waals surface area contributed by atoms with Gasteiger partial charge < -0.3 is 19.9 Å². The molecule has 0 spiro atoms. The number of fused-ring (bicyclic) bond motifs is 1. The van der Waals surface area contributed by atoms with Gasteiger partial charge in [-0.15, -0.1) is 0 Å². The number of rotatable bonds is 6. The summed E-state index contributed by atoms with van der Waals surface area (Å²) in [5.41, 5.74) is 0.873. The number of para-hydroxylation sites is 2. The summed E-state index contributed by atoms with van der Waals surface area (Å²) >= 11 is 0. The Labute approximate surface area is 175 Å². The zero-order chi connectivity index (χ0) is 20.9. The number of anilines is 3. The van der Waals surface area contributed by atoms with Gasteiger partial charge in [0, 0.05) is 52.3 Å². The third-order valence-corrected chi connectivity index (χ3v) is 5.15. The van der Waals surface area contributed by atoms with Crippen molar-refractivity contribution in [3.8, 4) is 5.75 Å². The zero-order valence-corrected chi connectivity index (χ0v) is 16.9. The van der Waals surface area contributed by atoms with Crippen LogP contribution < -0.4 is 15.0 Å². The maximum Gasteiger partial charge on any atom is 0.321 e. The molecule has 1 aromatic heterocycles. The summed E-state index contributed by atoms with van der Waals surface area (Å²) in [6.45, 7) is 7.40. The van der Waals surface area contributed by atoms with Gasteiger partial charge in [0.15, 0.2) is 0 Å². The Balaban J connectivity index is 1.24. The van der Waals surface area contributed by atoms with E-state index in [1.54, 1.807) is 29.0 Å². The molecule has 2 aliphatic heterocycles. The van der Waals surface area contributed by atoms with Crippen LogP contribution in [-0.2, 0) is 9.59 Å². The molecule has 9 nitrogen and oxygen atoms in total. The summed E-state index contributed by atoms with van der Waals surface area (Å²) < 4.78 is 5.44. The molecule has 2 aliphatic rings. The van der Waals surface area contributed by atoms with Crippen LogP contribution in [0.15, 0.2) is 36.5 Å². The van der Waals surface area contributed by atoms with Crippen LogP contribution >= 0.6 is 0 Å². The number of carbonyl (C=O) groups is 2. The van der Waals surface area contributed by atoms with E-state index in [1.165, 1.54) is 0 Å². The van der Waals surface area contributed by atoms with Gasteiger partial charge in [-0.2, -0.15) is 4.98 Å². The number of carbonyl (C=O) groups excluding carboxylic acids is 2. The van der Waals surface area contributed by atoms with E-state index in [0.717, 1.165) is 11.4 Å². The monoisotopic (exact) mass is 408 g/mol. The normalized spacial score (nSPS) is 15.6. The third kappa shape index (κ3) is 4.45. The van der Waals surface area contributed by atoms with Crippen molar-refractivity contribution in [2.75, 3.05) is 42.9 Å². The number of nitrogens with zero attached hydrogens (tertiary/aromatic N) is 5. The van der Waals surface area contributed by atoms with Crippen LogP contribution in [0.1, 0.15) is 19.8 Å². The molecule has 3 heterocycles. The molecule has 1 N–H and O–H groups in total. The predicted molar refractivity (Wildman–Crippen MR) is 111 cm³/mol. The highest BCUT2D eigenvalue weighted by atomic mass is 16.5. The fraction of sp³-hybridized carbons (Fsp3) is 0.381. The van der Waals surface area contributed by atoms with Gasteiger partial charge in [-0.05, 0) is 24.6 Å². The van der Waals surface area contributed by atoms with Crippen LogP contribution in [-0.4, -0.2) is 64.3 Å². The van der Waals surface area contributed by atoms with E-state index in [-0.39, 0.29) is 11.8 Å². The minimum atomic E-state index is 0.0627. The zero-order valence-electron chi connectivity index (χ0n) is 16.9. The van der Waals surface area contributed by atoms with E-state index in [2.05, 4.69) is 22.0 Å². The van der Waals surface area contributed by atoms with Crippen molar-refractivity contribution in [3.05, 3.63) is 43.3 Å². The molecule has 0 bridgehead atoms. The number of aromatic nitrogens is 2. The summed E-state index contributed by atoms with van der Waals surface area (Å²) in [4.78, 5) is 37.8. The molecule has 0 atom stereocenters. The first kappa shape index (κ1) is 19.9. The van der Waals surface area contributed by atoms with Crippen LogP contribution in [0.2, 0.25) is 0 Å². The molecule has 156 valence electrons. The molecule has 0 saturated carbocycles. The molecule has 0 aliphatic carbocycles. The minimum absolute atomic E-state index is 0.0627. The Morgan fingerprint density at radius 1 is 1.13 bits per heavy atom. The molecule has 9 heteroatoms. The van der Waals surface area contributed by atoms with Crippen LogP contribution in [0.4, 0.5) is 17.5 Å². The fourth-order valence-corrected chi connectivity index (χ4v) is 3.47. The number of nitrogens with one attached hydrogen (secondary N) is 1. The summed E-state index contributed by atoms with van der Waals surface area (Å²) in [6.07, 6.45) is 2.79. The number of hydrogen-bond donors (Lipinski definition) is 1. The lowest BCUT2D eigenvalue weighted by molar-refractivity contribution is -0.138. The van der Waals surface area contributed by atoms with Crippen LogP contribution in [0, 0.1) is 6.73 Å². The number of ether oxygens (including phenoxy) is 1. The van der Waals surface area contributed by atoms with E-state index in [0.29, 0.717) is 57.3 Å². The van der Waals surface area contributed by atoms with E-state index in [1.807, 2.05) is 29.2 Å². The largest absolute Gasteiger partial charge is 0.453 e. The van der Waals surface area contributed by atoms with Crippen molar-refractivity contribution in [2.45, 2.75) is 19.8 Å². The Kier molecular flexibility index (Phi) is 5.97. The lowest BCUT2D eigenvalue weighted by Crippen LogP contribution is -2.50. The molecular weight excluding hydrogens is 384 g/mol. The second kappa shape index (κ2) is 8.98. The molecule has 4 rings (SSSR count). The Morgan fingerprint density at radius 3 is 2.70 bits per heavy atom. The average Bonchev–Trinajstić information content (AvgIpc) is 3.21. The van der Waals surface area contributed by atoms with E-state index >= 15 is 0 Å². The van der Waals surface area contributed by atoms with Crippen LogP contribution in [0.3, 0.4) is 0 Å². The Bertz CT molecular complexity index is 913. The van der Waals surface area contributed by atoms with Crippen LogP contribution in [0.5, 0.6) is 5.75 Å². The van der Waals surface area contributed by atoms with Crippen molar-refractivity contribution in [2.24, 2.45) is 0 Å². The molecular formula is C21H24N6O3. The quantitative estimate of drug-likeness (QED) is 0.730. The molecule has 2 amide bonds. The van der Waals surface area contributed by atoms with E-state index in [9.17, 15) is 9.59 Å². The van der Waals surface area contributed by atoms with Crippen LogP contribution in [0.25, 0.3) is 0 Å². The maximum atomic E-state index is 12.4. The van der Waals surface area contributed by atoms with Gasteiger partial charge in [0.1, 0.15) is 11.6 Å².